The first kappa shape index (κ1) is 14.2. The second kappa shape index (κ2) is 5.83. The number of hydrogen-bond donors (Lipinski definition) is 0. The molecule has 0 radical (unpaired) electrons. The second-order valence-corrected chi connectivity index (χ2v) is 6.54. The maximum atomic E-state index is 12.6. The van der Waals surface area contributed by atoms with Gasteiger partial charge in [-0.05, 0) is 63.6 Å². The molecule has 0 unspecified atom stereocenters. The molecule has 1 aromatic heterocycles. The van der Waals surface area contributed by atoms with Crippen molar-refractivity contribution in [3.8, 4) is 0 Å². The standard InChI is InChI=1S/C12H9Br2IN2O/c1-2-17-11(9(14)6-16-17)12(18)8-5-7(13)3-4-10(8)15/h3-6H,2H2,1H3. The molecule has 0 atom stereocenters. The minimum atomic E-state index is -0.0214. The summed E-state index contributed by atoms with van der Waals surface area (Å²) in [5.41, 5.74) is 1.27. The fraction of sp³-hybridized carbons (Fsp3) is 0.167. The average molecular weight is 484 g/mol. The molecule has 0 N–H and O–H groups in total. The first-order valence-electron chi connectivity index (χ1n) is 5.25. The highest BCUT2D eigenvalue weighted by Gasteiger charge is 2.20. The van der Waals surface area contributed by atoms with Crippen LogP contribution in [0.1, 0.15) is 23.0 Å². The molecule has 3 nitrogen and oxygen atoms in total. The van der Waals surface area contributed by atoms with E-state index in [4.69, 9.17) is 0 Å². The Morgan fingerprint density at radius 3 is 2.83 bits per heavy atom. The lowest BCUT2D eigenvalue weighted by molar-refractivity contribution is 0.102. The van der Waals surface area contributed by atoms with Crippen molar-refractivity contribution >= 4 is 60.2 Å². The van der Waals surface area contributed by atoms with Crippen LogP contribution in [0.5, 0.6) is 0 Å². The van der Waals surface area contributed by atoms with Gasteiger partial charge >= 0.3 is 0 Å². The highest BCUT2D eigenvalue weighted by Crippen LogP contribution is 2.25. The molecular weight excluding hydrogens is 475 g/mol. The van der Waals surface area contributed by atoms with Crippen LogP contribution in [-0.2, 0) is 6.54 Å². The molecule has 0 aliphatic rings. The summed E-state index contributed by atoms with van der Waals surface area (Å²) in [5.74, 6) is -0.0214. The topological polar surface area (TPSA) is 34.9 Å². The summed E-state index contributed by atoms with van der Waals surface area (Å²) in [7, 11) is 0. The van der Waals surface area contributed by atoms with Gasteiger partial charge in [0.1, 0.15) is 5.69 Å². The van der Waals surface area contributed by atoms with E-state index < -0.39 is 0 Å². The van der Waals surface area contributed by atoms with Crippen LogP contribution in [0.15, 0.2) is 33.3 Å². The Morgan fingerprint density at radius 1 is 1.44 bits per heavy atom. The van der Waals surface area contributed by atoms with Gasteiger partial charge in [0.25, 0.3) is 0 Å². The average Bonchev–Trinajstić information content (AvgIpc) is 2.72. The van der Waals surface area contributed by atoms with Crippen LogP contribution in [0.2, 0.25) is 0 Å². The summed E-state index contributed by atoms with van der Waals surface area (Å²) in [6, 6.07) is 5.67. The van der Waals surface area contributed by atoms with Gasteiger partial charge in [-0.1, -0.05) is 15.9 Å². The molecule has 2 rings (SSSR count). The van der Waals surface area contributed by atoms with Gasteiger partial charge in [-0.3, -0.25) is 9.48 Å². The Morgan fingerprint density at radius 2 is 2.17 bits per heavy atom. The number of ketones is 1. The second-order valence-electron chi connectivity index (χ2n) is 3.61. The van der Waals surface area contributed by atoms with Crippen molar-refractivity contribution in [2.45, 2.75) is 13.5 Å². The lowest BCUT2D eigenvalue weighted by atomic mass is 10.1. The summed E-state index contributed by atoms with van der Waals surface area (Å²) in [4.78, 5) is 12.6. The quantitative estimate of drug-likeness (QED) is 0.483. The Kier molecular flexibility index (Phi) is 4.60. The lowest BCUT2D eigenvalue weighted by Crippen LogP contribution is -2.12. The van der Waals surface area contributed by atoms with Crippen molar-refractivity contribution in [1.82, 2.24) is 9.78 Å². The van der Waals surface area contributed by atoms with E-state index in [2.05, 4.69) is 59.5 Å². The third-order valence-corrected chi connectivity index (χ3v) is 4.50. The maximum Gasteiger partial charge on any atom is 0.213 e. The predicted octanol–water partition coefficient (Wildman–Crippen LogP) is 4.26. The molecule has 2 aromatic rings. The van der Waals surface area contributed by atoms with Gasteiger partial charge in [-0.2, -0.15) is 5.10 Å². The van der Waals surface area contributed by atoms with Crippen LogP contribution >= 0.6 is 54.5 Å². The first-order chi connectivity index (χ1) is 8.54. The molecule has 94 valence electrons. The zero-order chi connectivity index (χ0) is 13.3. The SMILES string of the molecule is CCn1ncc(Br)c1C(=O)c1cc(Br)ccc1I. The van der Waals surface area contributed by atoms with Crippen molar-refractivity contribution in [2.24, 2.45) is 0 Å². The zero-order valence-electron chi connectivity index (χ0n) is 9.45. The van der Waals surface area contributed by atoms with E-state index in [9.17, 15) is 4.79 Å². The predicted molar refractivity (Wildman–Crippen MR) is 85.9 cm³/mol. The van der Waals surface area contributed by atoms with Crippen LogP contribution in [0.25, 0.3) is 0 Å². The Bertz CT molecular complexity index is 610. The van der Waals surface area contributed by atoms with Gasteiger partial charge in [0.15, 0.2) is 0 Å². The third-order valence-electron chi connectivity index (χ3n) is 2.48. The summed E-state index contributed by atoms with van der Waals surface area (Å²) in [6.07, 6.45) is 1.65. The fourth-order valence-electron chi connectivity index (χ4n) is 1.63. The highest BCUT2D eigenvalue weighted by atomic mass is 127. The molecule has 0 spiro atoms. The highest BCUT2D eigenvalue weighted by molar-refractivity contribution is 14.1. The van der Waals surface area contributed by atoms with E-state index in [1.54, 1.807) is 10.9 Å². The van der Waals surface area contributed by atoms with Crippen molar-refractivity contribution in [3.63, 3.8) is 0 Å². The molecule has 0 aliphatic heterocycles. The van der Waals surface area contributed by atoms with Crippen LogP contribution in [-0.4, -0.2) is 15.6 Å². The summed E-state index contributed by atoms with van der Waals surface area (Å²) < 4.78 is 4.25. The lowest BCUT2D eigenvalue weighted by Gasteiger charge is -2.07. The van der Waals surface area contributed by atoms with Crippen molar-refractivity contribution in [3.05, 3.63) is 48.2 Å². The molecule has 6 heteroatoms. The maximum absolute atomic E-state index is 12.6. The normalized spacial score (nSPS) is 10.7. The van der Waals surface area contributed by atoms with Crippen LogP contribution in [0, 0.1) is 3.57 Å². The molecule has 0 bridgehead atoms. The minimum Gasteiger partial charge on any atom is -0.287 e. The number of hydrogen-bond acceptors (Lipinski definition) is 2. The monoisotopic (exact) mass is 482 g/mol. The zero-order valence-corrected chi connectivity index (χ0v) is 14.8. The van der Waals surface area contributed by atoms with Gasteiger partial charge in [0.05, 0.1) is 10.7 Å². The van der Waals surface area contributed by atoms with Gasteiger partial charge in [-0.25, -0.2) is 0 Å². The Hall–Kier alpha value is -0.210. The van der Waals surface area contributed by atoms with E-state index in [0.717, 1.165) is 12.5 Å². The van der Waals surface area contributed by atoms with Crippen molar-refractivity contribution in [1.29, 1.82) is 0 Å². The number of carbonyl (C=O) groups is 1. The van der Waals surface area contributed by atoms with E-state index in [0.29, 0.717) is 17.8 Å². The van der Waals surface area contributed by atoms with Gasteiger partial charge in [0.2, 0.25) is 5.78 Å². The third kappa shape index (κ3) is 2.70. The molecule has 0 fully saturated rings. The van der Waals surface area contributed by atoms with E-state index in [-0.39, 0.29) is 5.78 Å². The summed E-state index contributed by atoms with van der Waals surface area (Å²) in [6.45, 7) is 2.62. The number of carbonyl (C=O) groups excluding carboxylic acids is 1. The van der Waals surface area contributed by atoms with Gasteiger partial charge in [0, 0.05) is 20.2 Å². The Labute approximate surface area is 135 Å². The van der Waals surface area contributed by atoms with Crippen LogP contribution in [0.4, 0.5) is 0 Å². The first-order valence-corrected chi connectivity index (χ1v) is 7.92. The Balaban J connectivity index is 2.54. The minimum absolute atomic E-state index is 0.0214. The van der Waals surface area contributed by atoms with Gasteiger partial charge < -0.3 is 0 Å². The number of nitrogens with zero attached hydrogens (tertiary/aromatic N) is 2. The van der Waals surface area contributed by atoms with Crippen molar-refractivity contribution in [2.75, 3.05) is 0 Å². The molecule has 1 heterocycles. The molecule has 0 saturated carbocycles. The molecule has 0 amide bonds. The van der Waals surface area contributed by atoms with Crippen molar-refractivity contribution < 1.29 is 4.79 Å². The fourth-order valence-corrected chi connectivity index (χ4v) is 3.04. The van der Waals surface area contributed by atoms with Crippen LogP contribution < -0.4 is 0 Å². The van der Waals surface area contributed by atoms with Crippen LogP contribution in [0.3, 0.4) is 0 Å². The largest absolute Gasteiger partial charge is 0.287 e. The number of aromatic nitrogens is 2. The van der Waals surface area contributed by atoms with Gasteiger partial charge in [-0.15, -0.1) is 0 Å². The molecule has 1 aromatic carbocycles. The van der Waals surface area contributed by atoms with E-state index in [1.165, 1.54) is 0 Å². The number of aryl methyl sites for hydroxylation is 1. The number of halogens is 3. The molecule has 18 heavy (non-hydrogen) atoms. The number of rotatable bonds is 3. The summed E-state index contributed by atoms with van der Waals surface area (Å²) in [5, 5.41) is 4.17. The smallest absolute Gasteiger partial charge is 0.213 e. The molecule has 0 aliphatic carbocycles. The molecular formula is C12H9Br2IN2O. The number of benzene rings is 1. The van der Waals surface area contributed by atoms with E-state index in [1.807, 2.05) is 25.1 Å². The molecule has 0 saturated heterocycles. The van der Waals surface area contributed by atoms with E-state index >= 15 is 0 Å². The summed E-state index contributed by atoms with van der Waals surface area (Å²) >= 11 is 8.94.